The van der Waals surface area contributed by atoms with Crippen molar-refractivity contribution in [1.82, 2.24) is 9.80 Å². The van der Waals surface area contributed by atoms with Crippen LogP contribution in [0.25, 0.3) is 0 Å². The van der Waals surface area contributed by atoms with E-state index in [0.717, 1.165) is 0 Å². The second-order valence-corrected chi connectivity index (χ2v) is 3.38. The van der Waals surface area contributed by atoms with Gasteiger partial charge in [-0.2, -0.15) is 0 Å². The highest BCUT2D eigenvalue weighted by atomic mass is 19.3. The molecule has 0 amide bonds. The number of hydrogen-bond donors (Lipinski definition) is 0. The lowest BCUT2D eigenvalue weighted by Gasteiger charge is -2.33. The van der Waals surface area contributed by atoms with Crippen molar-refractivity contribution in [3.8, 4) is 0 Å². The summed E-state index contributed by atoms with van der Waals surface area (Å²) in [4.78, 5) is 3.21. The Morgan fingerprint density at radius 3 is 1.93 bits per heavy atom. The second-order valence-electron chi connectivity index (χ2n) is 3.38. The van der Waals surface area contributed by atoms with Gasteiger partial charge < -0.3 is 4.90 Å². The van der Waals surface area contributed by atoms with E-state index in [9.17, 15) is 17.4 Å². The van der Waals surface area contributed by atoms with Crippen LogP contribution in [-0.2, 0) is 0 Å². The van der Waals surface area contributed by atoms with Crippen LogP contribution in [0.1, 0.15) is 0 Å². The number of rotatable bonds is 4. The van der Waals surface area contributed by atoms with Crippen LogP contribution in [0, 0.1) is 0 Å². The third kappa shape index (κ3) is 4.28. The predicted molar refractivity (Wildman–Crippen MR) is 46.9 cm³/mol. The number of nitrogens with zero attached hydrogens (tertiary/aromatic N) is 2. The Kier molecular flexibility index (Phi) is 4.67. The first-order valence-electron chi connectivity index (χ1n) is 4.59. The topological polar surface area (TPSA) is 6.48 Å². The molecular weight excluding hydrogens is 199 g/mol. The van der Waals surface area contributed by atoms with Gasteiger partial charge in [-0.3, -0.25) is 13.5 Å². The molecule has 0 N–H and O–H groups in total. The van der Waals surface area contributed by atoms with Gasteiger partial charge in [0, 0.05) is 32.6 Å². The van der Waals surface area contributed by atoms with Crippen LogP contribution in [0.4, 0.5) is 17.4 Å². The van der Waals surface area contributed by atoms with E-state index < -0.39 is 13.7 Å². The van der Waals surface area contributed by atoms with E-state index in [1.165, 1.54) is 0 Å². The quantitative estimate of drug-likeness (QED) is 0.503. The van der Waals surface area contributed by atoms with Crippen molar-refractivity contribution in [3.63, 3.8) is 0 Å². The van der Waals surface area contributed by atoms with E-state index in [0.29, 0.717) is 26.2 Å². The average molecular weight is 212 g/mol. The summed E-state index contributed by atoms with van der Waals surface area (Å²) in [6.45, 7) is 1.57. The Labute approximate surface area is 81.0 Å². The third-order valence-corrected chi connectivity index (χ3v) is 2.26. The van der Waals surface area contributed by atoms with E-state index in [2.05, 4.69) is 0 Å². The van der Waals surface area contributed by atoms with Gasteiger partial charge in [-0.05, 0) is 0 Å². The van der Waals surface area contributed by atoms with Gasteiger partial charge in [-0.25, -0.2) is 8.78 Å². The zero-order valence-corrected chi connectivity index (χ0v) is 7.80. The molecule has 0 aromatic heterocycles. The molecular formula is C7H13BF4N2. The summed E-state index contributed by atoms with van der Waals surface area (Å²) in [5.41, 5.74) is 0. The predicted octanol–water partition coefficient (Wildman–Crippen LogP) is 0.835. The molecule has 0 spiro atoms. The van der Waals surface area contributed by atoms with Crippen LogP contribution in [0.2, 0.25) is 0 Å². The Morgan fingerprint density at radius 2 is 1.50 bits per heavy atom. The highest BCUT2D eigenvalue weighted by Crippen LogP contribution is 2.05. The minimum Gasteiger partial charge on any atom is -0.302 e. The Bertz CT molecular complexity index is 144. The van der Waals surface area contributed by atoms with Gasteiger partial charge >= 0.3 is 7.27 Å². The molecule has 0 atom stereocenters. The molecule has 1 rings (SSSR count). The summed E-state index contributed by atoms with van der Waals surface area (Å²) >= 11 is 0. The SMILES string of the molecule is FB(F)CN1CCN(CC(F)F)CC1. The maximum atomic E-state index is 12.0. The molecule has 82 valence electrons. The molecule has 1 fully saturated rings. The molecule has 0 unspecified atom stereocenters. The first-order valence-corrected chi connectivity index (χ1v) is 4.59. The minimum absolute atomic E-state index is 0.248. The normalized spacial score (nSPS) is 20.4. The molecule has 1 saturated heterocycles. The van der Waals surface area contributed by atoms with Gasteiger partial charge in [0.25, 0.3) is 6.43 Å². The molecule has 0 bridgehead atoms. The molecule has 14 heavy (non-hydrogen) atoms. The molecule has 7 heteroatoms. The molecule has 0 aromatic rings. The maximum Gasteiger partial charge on any atom is 0.551 e. The monoisotopic (exact) mass is 212 g/mol. The molecule has 0 aliphatic carbocycles. The third-order valence-electron chi connectivity index (χ3n) is 2.26. The van der Waals surface area contributed by atoms with Crippen LogP contribution in [-0.4, -0.2) is 62.7 Å². The van der Waals surface area contributed by atoms with Gasteiger partial charge in [0.05, 0.1) is 6.54 Å². The molecule has 1 heterocycles. The van der Waals surface area contributed by atoms with E-state index in [1.54, 1.807) is 9.80 Å². The van der Waals surface area contributed by atoms with Crippen LogP contribution < -0.4 is 0 Å². The van der Waals surface area contributed by atoms with Gasteiger partial charge in [0.1, 0.15) is 0 Å². The summed E-state index contributed by atoms with van der Waals surface area (Å²) in [6.07, 6.45) is -2.58. The van der Waals surface area contributed by atoms with E-state index in [-0.39, 0.29) is 13.0 Å². The number of piperazine rings is 1. The maximum absolute atomic E-state index is 12.0. The highest BCUT2D eigenvalue weighted by Gasteiger charge is 2.23. The zero-order chi connectivity index (χ0) is 10.6. The summed E-state index contributed by atoms with van der Waals surface area (Å²) in [5, 5.41) is 0. The summed E-state index contributed by atoms with van der Waals surface area (Å²) in [6, 6.07) is 0. The van der Waals surface area contributed by atoms with Gasteiger partial charge in [0.2, 0.25) is 0 Å². The van der Waals surface area contributed by atoms with Crippen LogP contribution in [0.5, 0.6) is 0 Å². The molecule has 2 nitrogen and oxygen atoms in total. The molecule has 0 radical (unpaired) electrons. The Hall–Kier alpha value is -0.295. The van der Waals surface area contributed by atoms with Gasteiger partial charge in [-0.15, -0.1) is 0 Å². The van der Waals surface area contributed by atoms with Crippen molar-refractivity contribution in [3.05, 3.63) is 0 Å². The van der Waals surface area contributed by atoms with Crippen molar-refractivity contribution in [2.75, 3.05) is 39.2 Å². The zero-order valence-electron chi connectivity index (χ0n) is 7.80. The van der Waals surface area contributed by atoms with Crippen molar-refractivity contribution >= 4 is 7.27 Å². The van der Waals surface area contributed by atoms with Gasteiger partial charge in [0.15, 0.2) is 0 Å². The number of hydrogen-bond acceptors (Lipinski definition) is 2. The fourth-order valence-corrected chi connectivity index (χ4v) is 1.54. The van der Waals surface area contributed by atoms with Crippen LogP contribution in [0.3, 0.4) is 0 Å². The minimum atomic E-state index is -2.34. The van der Waals surface area contributed by atoms with Crippen molar-refractivity contribution in [1.29, 1.82) is 0 Å². The van der Waals surface area contributed by atoms with Crippen molar-refractivity contribution in [2.24, 2.45) is 0 Å². The fraction of sp³-hybridized carbons (Fsp3) is 1.00. The van der Waals surface area contributed by atoms with E-state index in [4.69, 9.17) is 0 Å². The lowest BCUT2D eigenvalue weighted by Crippen LogP contribution is -2.49. The molecule has 0 saturated carbocycles. The lowest BCUT2D eigenvalue weighted by molar-refractivity contribution is 0.0596. The average Bonchev–Trinajstić information content (AvgIpc) is 2.06. The molecule has 1 aliphatic rings. The highest BCUT2D eigenvalue weighted by molar-refractivity contribution is 6.42. The summed E-state index contributed by atoms with van der Waals surface area (Å²) in [5.74, 6) is 0. The smallest absolute Gasteiger partial charge is 0.302 e. The van der Waals surface area contributed by atoms with Crippen molar-refractivity contribution < 1.29 is 17.4 Å². The largest absolute Gasteiger partial charge is 0.551 e. The van der Waals surface area contributed by atoms with Crippen molar-refractivity contribution in [2.45, 2.75) is 6.43 Å². The summed E-state index contributed by atoms with van der Waals surface area (Å²) < 4.78 is 47.8. The fourth-order valence-electron chi connectivity index (χ4n) is 1.54. The Morgan fingerprint density at radius 1 is 1.00 bits per heavy atom. The molecule has 0 aromatic carbocycles. The first kappa shape index (κ1) is 11.8. The van der Waals surface area contributed by atoms with Gasteiger partial charge in [-0.1, -0.05) is 0 Å². The number of alkyl halides is 2. The van der Waals surface area contributed by atoms with E-state index >= 15 is 0 Å². The summed E-state index contributed by atoms with van der Waals surface area (Å²) in [7, 11) is -2.34. The van der Waals surface area contributed by atoms with Crippen LogP contribution in [0.15, 0.2) is 0 Å². The first-order chi connectivity index (χ1) is 6.58. The van der Waals surface area contributed by atoms with Crippen LogP contribution >= 0.6 is 0 Å². The Balaban J connectivity index is 2.17. The molecule has 1 aliphatic heterocycles. The van der Waals surface area contributed by atoms with E-state index in [1.807, 2.05) is 0 Å². The number of halogens is 4. The lowest BCUT2D eigenvalue weighted by atomic mass is 9.98. The second kappa shape index (κ2) is 5.55. The standard InChI is InChI=1S/C7H13BF4N2/c9-7(10)5-13-1-3-14(4-2-13)6-8(11)12/h7H,1-6H2.